The summed E-state index contributed by atoms with van der Waals surface area (Å²) in [4.78, 5) is 44.1. The van der Waals surface area contributed by atoms with Gasteiger partial charge in [0.1, 0.15) is 26.4 Å². The Morgan fingerprint density at radius 2 is 0.560 bits per heavy atom. The maximum absolute atomic E-state index is 11.6. The molecule has 0 amide bonds. The fourth-order valence-corrected chi connectivity index (χ4v) is 4.87. The van der Waals surface area contributed by atoms with Crippen LogP contribution in [0.2, 0.25) is 0 Å². The van der Waals surface area contributed by atoms with Gasteiger partial charge in [-0.05, 0) is 58.7 Å². The van der Waals surface area contributed by atoms with Gasteiger partial charge >= 0.3 is 22.7 Å². The van der Waals surface area contributed by atoms with Crippen molar-refractivity contribution in [2.24, 2.45) is 0 Å². The molecule has 0 unspecified atom stereocenters. The molecule has 5 rings (SSSR count). The Hall–Kier alpha value is -7.10. The van der Waals surface area contributed by atoms with Crippen molar-refractivity contribution in [2.45, 2.75) is 26.4 Å². The van der Waals surface area contributed by atoms with Gasteiger partial charge in [0.25, 0.3) is 0 Å². The van der Waals surface area contributed by atoms with E-state index in [0.717, 1.165) is 0 Å². The summed E-state index contributed by atoms with van der Waals surface area (Å²) in [7, 11) is 0. The van der Waals surface area contributed by atoms with Crippen LogP contribution in [0.1, 0.15) is 22.3 Å². The summed E-state index contributed by atoms with van der Waals surface area (Å²) in [5, 5.41) is 46.5. The second-order valence-corrected chi connectivity index (χ2v) is 10.4. The van der Waals surface area contributed by atoms with E-state index >= 15 is 0 Å². The summed E-state index contributed by atoms with van der Waals surface area (Å²) in [6.07, 6.45) is 0. The first-order valence-corrected chi connectivity index (χ1v) is 14.7. The largest absolute Gasteiger partial charge is 0.482 e. The molecule has 0 saturated heterocycles. The van der Waals surface area contributed by atoms with Crippen LogP contribution in [-0.2, 0) is 26.4 Å². The molecular formula is C34H26N4O12. The number of nitro groups is 4. The van der Waals surface area contributed by atoms with E-state index in [1.54, 1.807) is 36.4 Å². The molecule has 0 bridgehead atoms. The van der Waals surface area contributed by atoms with Crippen LogP contribution in [-0.4, -0.2) is 19.7 Å². The fourth-order valence-electron chi connectivity index (χ4n) is 4.87. The minimum atomic E-state index is -0.594. The standard InChI is InChI=1S/C34H26N4O12/c39-35(40)27-9-1-5-13-31(27)47-19-23-17-25(21-49-33-15-7-3-11-29(33)37(43)44)26(22-50-34-16-8-4-12-30(34)38(45)46)18-24(23)20-48-32-14-6-2-10-28(32)36(41)42/h1-18H,19-22H2. The summed E-state index contributed by atoms with van der Waals surface area (Å²) in [5.41, 5.74) is 0.600. The third-order valence-electron chi connectivity index (χ3n) is 7.30. The molecule has 0 aliphatic heterocycles. The topological polar surface area (TPSA) is 209 Å². The summed E-state index contributed by atoms with van der Waals surface area (Å²) >= 11 is 0. The lowest BCUT2D eigenvalue weighted by molar-refractivity contribution is -0.386. The van der Waals surface area contributed by atoms with Crippen molar-refractivity contribution in [2.75, 3.05) is 0 Å². The van der Waals surface area contributed by atoms with E-state index < -0.39 is 19.7 Å². The monoisotopic (exact) mass is 682 g/mol. The van der Waals surface area contributed by atoms with Gasteiger partial charge < -0.3 is 18.9 Å². The van der Waals surface area contributed by atoms with Crippen molar-refractivity contribution in [3.8, 4) is 23.0 Å². The zero-order valence-corrected chi connectivity index (χ0v) is 25.9. The predicted octanol–water partition coefficient (Wildman–Crippen LogP) is 7.64. The first-order chi connectivity index (χ1) is 24.1. The smallest absolute Gasteiger partial charge is 0.310 e. The van der Waals surface area contributed by atoms with Gasteiger partial charge in [0, 0.05) is 24.3 Å². The lowest BCUT2D eigenvalue weighted by Gasteiger charge is -2.19. The van der Waals surface area contributed by atoms with E-state index in [4.69, 9.17) is 18.9 Å². The van der Waals surface area contributed by atoms with Crippen molar-refractivity contribution in [1.82, 2.24) is 0 Å². The SMILES string of the molecule is O=[N+]([O-])c1ccccc1OCc1cc(COc2ccccc2[N+](=O)[O-])c(COc2ccccc2[N+](=O)[O-])cc1COc1ccccc1[N+](=O)[O-]. The Bertz CT molecular complexity index is 1780. The fraction of sp³-hybridized carbons (Fsp3) is 0.118. The van der Waals surface area contributed by atoms with Gasteiger partial charge in [0.15, 0.2) is 23.0 Å². The van der Waals surface area contributed by atoms with Crippen LogP contribution in [0, 0.1) is 40.5 Å². The molecule has 0 aliphatic rings. The molecule has 0 saturated carbocycles. The summed E-state index contributed by atoms with van der Waals surface area (Å²) in [5.74, 6) is -0.0942. The molecule has 16 heteroatoms. The van der Waals surface area contributed by atoms with Gasteiger partial charge in [0.2, 0.25) is 0 Å². The average molecular weight is 683 g/mol. The number of hydrogen-bond donors (Lipinski definition) is 0. The van der Waals surface area contributed by atoms with Crippen molar-refractivity contribution < 1.29 is 38.6 Å². The minimum absolute atomic E-state index is 0.0235. The number of benzene rings is 5. The van der Waals surface area contributed by atoms with E-state index in [0.29, 0.717) is 22.3 Å². The molecule has 5 aromatic rings. The van der Waals surface area contributed by atoms with E-state index in [-0.39, 0.29) is 72.2 Å². The van der Waals surface area contributed by atoms with E-state index in [9.17, 15) is 40.5 Å². The molecule has 0 atom stereocenters. The van der Waals surface area contributed by atoms with Crippen LogP contribution in [0.25, 0.3) is 0 Å². The molecule has 50 heavy (non-hydrogen) atoms. The third-order valence-corrected chi connectivity index (χ3v) is 7.30. The van der Waals surface area contributed by atoms with Crippen molar-refractivity contribution in [3.63, 3.8) is 0 Å². The Morgan fingerprint density at radius 3 is 0.760 bits per heavy atom. The van der Waals surface area contributed by atoms with Crippen LogP contribution >= 0.6 is 0 Å². The zero-order chi connectivity index (χ0) is 35.6. The van der Waals surface area contributed by atoms with Gasteiger partial charge in [-0.15, -0.1) is 0 Å². The van der Waals surface area contributed by atoms with Crippen molar-refractivity contribution in [1.29, 1.82) is 0 Å². The zero-order valence-electron chi connectivity index (χ0n) is 25.9. The number of rotatable bonds is 16. The second kappa shape index (κ2) is 15.7. The van der Waals surface area contributed by atoms with Gasteiger partial charge in [-0.3, -0.25) is 40.5 Å². The molecule has 0 heterocycles. The number of nitrogens with zero attached hydrogens (tertiary/aromatic N) is 4. The molecule has 5 aromatic carbocycles. The average Bonchev–Trinajstić information content (AvgIpc) is 3.12. The number of ether oxygens (including phenoxy) is 4. The van der Waals surface area contributed by atoms with Crippen molar-refractivity contribution in [3.05, 3.63) is 172 Å². The first-order valence-electron chi connectivity index (χ1n) is 14.7. The highest BCUT2D eigenvalue weighted by Crippen LogP contribution is 2.33. The number of hydrogen-bond acceptors (Lipinski definition) is 12. The van der Waals surface area contributed by atoms with Crippen LogP contribution in [0.15, 0.2) is 109 Å². The van der Waals surface area contributed by atoms with E-state index in [1.807, 2.05) is 0 Å². The summed E-state index contributed by atoms with van der Waals surface area (Å²) in [6, 6.07) is 26.3. The molecule has 0 aliphatic carbocycles. The molecule has 0 spiro atoms. The van der Waals surface area contributed by atoms with Gasteiger partial charge in [-0.25, -0.2) is 0 Å². The van der Waals surface area contributed by atoms with Gasteiger partial charge in [-0.2, -0.15) is 0 Å². The Labute approximate surface area is 282 Å². The lowest BCUT2D eigenvalue weighted by Crippen LogP contribution is -2.11. The van der Waals surface area contributed by atoms with E-state index in [1.165, 1.54) is 72.8 Å². The molecule has 0 fully saturated rings. The van der Waals surface area contributed by atoms with Gasteiger partial charge in [0.05, 0.1) is 19.7 Å². The minimum Gasteiger partial charge on any atom is -0.482 e. The predicted molar refractivity (Wildman–Crippen MR) is 176 cm³/mol. The molecule has 0 aromatic heterocycles. The highest BCUT2D eigenvalue weighted by atomic mass is 16.6. The molecule has 0 radical (unpaired) electrons. The Morgan fingerprint density at radius 1 is 0.360 bits per heavy atom. The highest BCUT2D eigenvalue weighted by Gasteiger charge is 2.21. The normalized spacial score (nSPS) is 10.6. The maximum atomic E-state index is 11.6. The molecule has 254 valence electrons. The number of nitro benzene ring substituents is 4. The van der Waals surface area contributed by atoms with Gasteiger partial charge in [-0.1, -0.05) is 48.5 Å². The second-order valence-electron chi connectivity index (χ2n) is 10.4. The highest BCUT2D eigenvalue weighted by molar-refractivity contribution is 5.49. The van der Waals surface area contributed by atoms with E-state index in [2.05, 4.69) is 0 Å². The lowest BCUT2D eigenvalue weighted by atomic mass is 9.99. The summed E-state index contributed by atoms with van der Waals surface area (Å²) in [6.45, 7) is -0.928. The molecule has 16 nitrogen and oxygen atoms in total. The molecule has 0 N–H and O–H groups in total. The maximum Gasteiger partial charge on any atom is 0.310 e. The third kappa shape index (κ3) is 8.24. The van der Waals surface area contributed by atoms with Crippen LogP contribution in [0.4, 0.5) is 22.7 Å². The van der Waals surface area contributed by atoms with Crippen LogP contribution in [0.3, 0.4) is 0 Å². The molecular weight excluding hydrogens is 656 g/mol. The van der Waals surface area contributed by atoms with Crippen LogP contribution < -0.4 is 18.9 Å². The first kappa shape index (κ1) is 34.2. The number of para-hydroxylation sites is 8. The van der Waals surface area contributed by atoms with Crippen LogP contribution in [0.5, 0.6) is 23.0 Å². The Kier molecular flexibility index (Phi) is 10.7. The van der Waals surface area contributed by atoms with Crippen molar-refractivity contribution >= 4 is 22.7 Å². The quantitative estimate of drug-likeness (QED) is 0.0726. The summed E-state index contributed by atoms with van der Waals surface area (Å²) < 4.78 is 23.5. The Balaban J connectivity index is 1.56.